The summed E-state index contributed by atoms with van der Waals surface area (Å²) in [5.41, 5.74) is 0. The summed E-state index contributed by atoms with van der Waals surface area (Å²) in [7, 11) is -2.17. The maximum atomic E-state index is 12.1. The summed E-state index contributed by atoms with van der Waals surface area (Å²) < 4.78 is 24.2. The van der Waals surface area contributed by atoms with Gasteiger partial charge in [-0.15, -0.1) is 0 Å². The molecule has 1 heterocycles. The van der Waals surface area contributed by atoms with Crippen LogP contribution in [0.1, 0.15) is 32.1 Å². The Bertz CT molecular complexity index is 425. The molecule has 0 atom stereocenters. The van der Waals surface area contributed by atoms with Crippen molar-refractivity contribution >= 4 is 19.7 Å². The summed E-state index contributed by atoms with van der Waals surface area (Å²) in [5, 5.41) is 0.404. The van der Waals surface area contributed by atoms with Gasteiger partial charge < -0.3 is 0 Å². The molecule has 16 heavy (non-hydrogen) atoms. The van der Waals surface area contributed by atoms with Crippen molar-refractivity contribution in [2.24, 2.45) is 0 Å². The molecule has 1 aromatic heterocycles. The molecule has 5 heteroatoms. The Kier molecular flexibility index (Phi) is 3.86. The van der Waals surface area contributed by atoms with Gasteiger partial charge in [0.1, 0.15) is 5.03 Å². The third-order valence-corrected chi connectivity index (χ3v) is 6.76. The topological polar surface area (TPSA) is 47.0 Å². The minimum atomic E-state index is -3.08. The van der Waals surface area contributed by atoms with Crippen molar-refractivity contribution < 1.29 is 8.42 Å². The first-order valence-electron chi connectivity index (χ1n) is 5.53. The quantitative estimate of drug-likeness (QED) is 0.781. The molecule has 88 valence electrons. The monoisotopic (exact) mass is 257 g/mol. The van der Waals surface area contributed by atoms with Crippen LogP contribution >= 0.6 is 10.8 Å². The van der Waals surface area contributed by atoms with E-state index in [0.717, 1.165) is 36.5 Å². The predicted molar refractivity (Wildman–Crippen MR) is 65.9 cm³/mol. The van der Waals surface area contributed by atoms with E-state index in [1.807, 2.05) is 6.07 Å². The van der Waals surface area contributed by atoms with Gasteiger partial charge >= 0.3 is 0 Å². The van der Waals surface area contributed by atoms with E-state index in [2.05, 4.69) is 4.98 Å². The second-order valence-electron chi connectivity index (χ2n) is 4.00. The van der Waals surface area contributed by atoms with E-state index in [1.54, 1.807) is 18.3 Å². The van der Waals surface area contributed by atoms with E-state index in [4.69, 9.17) is 0 Å². The highest BCUT2D eigenvalue weighted by Gasteiger charge is 2.28. The molecule has 0 aromatic carbocycles. The van der Waals surface area contributed by atoms with Crippen LogP contribution in [0.2, 0.25) is 0 Å². The van der Waals surface area contributed by atoms with Gasteiger partial charge in [-0.1, -0.05) is 25.3 Å². The molecule has 0 aliphatic heterocycles. The molecule has 0 unspecified atom stereocenters. The van der Waals surface area contributed by atoms with Gasteiger partial charge in [0.15, 0.2) is 0 Å². The van der Waals surface area contributed by atoms with Crippen molar-refractivity contribution in [3.8, 4) is 0 Å². The van der Waals surface area contributed by atoms with Crippen LogP contribution in [0.15, 0.2) is 29.4 Å². The van der Waals surface area contributed by atoms with Gasteiger partial charge in [0.25, 0.3) is 0 Å². The largest absolute Gasteiger partial charge is 0.249 e. The van der Waals surface area contributed by atoms with Gasteiger partial charge in [-0.25, -0.2) is 13.4 Å². The highest BCUT2D eigenvalue weighted by Crippen LogP contribution is 2.33. The number of aromatic nitrogens is 1. The van der Waals surface area contributed by atoms with E-state index in [-0.39, 0.29) is 5.25 Å². The third kappa shape index (κ3) is 2.98. The Balaban J connectivity index is 2.08. The van der Waals surface area contributed by atoms with Gasteiger partial charge in [0, 0.05) is 17.0 Å². The van der Waals surface area contributed by atoms with E-state index >= 15 is 0 Å². The molecule has 1 fully saturated rings. The standard InChI is InChI=1S/C11H15NO2S2/c13-16(14,10-6-2-1-3-7-10)15-11-8-4-5-9-12-11/h4-5,8-10H,1-3,6-7H2. The molecule has 3 nitrogen and oxygen atoms in total. The van der Waals surface area contributed by atoms with Crippen LogP contribution in [0.5, 0.6) is 0 Å². The minimum absolute atomic E-state index is 0.173. The number of hydrogen-bond donors (Lipinski definition) is 0. The first-order chi connectivity index (χ1) is 7.68. The van der Waals surface area contributed by atoms with E-state index in [9.17, 15) is 8.42 Å². The summed E-state index contributed by atoms with van der Waals surface area (Å²) in [6.07, 6.45) is 6.47. The first-order valence-corrected chi connectivity index (χ1v) is 8.41. The molecule has 1 aliphatic rings. The molecule has 0 saturated heterocycles. The maximum absolute atomic E-state index is 12.1. The number of rotatable bonds is 3. The molecule has 2 rings (SSSR count). The zero-order valence-electron chi connectivity index (χ0n) is 9.00. The average molecular weight is 257 g/mol. The summed E-state index contributed by atoms with van der Waals surface area (Å²) in [6.45, 7) is 0. The summed E-state index contributed by atoms with van der Waals surface area (Å²) in [5.74, 6) is 0. The van der Waals surface area contributed by atoms with Gasteiger partial charge in [0.2, 0.25) is 8.87 Å². The van der Waals surface area contributed by atoms with Crippen molar-refractivity contribution in [1.82, 2.24) is 4.98 Å². The first kappa shape index (κ1) is 11.9. The van der Waals surface area contributed by atoms with E-state index in [1.165, 1.54) is 6.42 Å². The van der Waals surface area contributed by atoms with Crippen molar-refractivity contribution in [2.45, 2.75) is 42.4 Å². The van der Waals surface area contributed by atoms with Gasteiger partial charge in [-0.3, -0.25) is 0 Å². The Hall–Kier alpha value is -0.550. The van der Waals surface area contributed by atoms with E-state index < -0.39 is 8.87 Å². The molecule has 1 aliphatic carbocycles. The number of pyridine rings is 1. The molecule has 1 aromatic rings. The van der Waals surface area contributed by atoms with Crippen molar-refractivity contribution in [3.05, 3.63) is 24.4 Å². The van der Waals surface area contributed by atoms with Crippen molar-refractivity contribution in [1.29, 1.82) is 0 Å². The van der Waals surface area contributed by atoms with Crippen LogP contribution in [-0.2, 0) is 8.87 Å². The summed E-state index contributed by atoms with van der Waals surface area (Å²) in [4.78, 5) is 4.04. The molecule has 0 radical (unpaired) electrons. The van der Waals surface area contributed by atoms with Crippen LogP contribution in [0.4, 0.5) is 0 Å². The highest BCUT2D eigenvalue weighted by atomic mass is 33.1. The van der Waals surface area contributed by atoms with Crippen LogP contribution in [0.25, 0.3) is 0 Å². The lowest BCUT2D eigenvalue weighted by Gasteiger charge is -2.20. The average Bonchev–Trinajstić information content (AvgIpc) is 2.31. The lowest BCUT2D eigenvalue weighted by atomic mass is 10.0. The number of hydrogen-bond acceptors (Lipinski definition) is 4. The van der Waals surface area contributed by atoms with Crippen molar-refractivity contribution in [2.75, 3.05) is 0 Å². The molecular weight excluding hydrogens is 242 g/mol. The van der Waals surface area contributed by atoms with Crippen LogP contribution in [0.3, 0.4) is 0 Å². The molecule has 1 saturated carbocycles. The normalized spacial score (nSPS) is 18.5. The summed E-state index contributed by atoms with van der Waals surface area (Å²) >= 11 is 0. The van der Waals surface area contributed by atoms with Gasteiger partial charge in [0.05, 0.1) is 5.25 Å². The second-order valence-corrected chi connectivity index (χ2v) is 8.14. The molecule has 0 amide bonds. The van der Waals surface area contributed by atoms with Gasteiger partial charge in [-0.2, -0.15) is 0 Å². The smallest absolute Gasteiger partial charge is 0.210 e. The van der Waals surface area contributed by atoms with Gasteiger partial charge in [-0.05, 0) is 25.0 Å². The van der Waals surface area contributed by atoms with Crippen LogP contribution in [0, 0.1) is 0 Å². The SMILES string of the molecule is O=S(=O)(Sc1ccccn1)C1CCCCC1. The maximum Gasteiger partial charge on any atom is 0.210 e. The number of nitrogens with zero attached hydrogens (tertiary/aromatic N) is 1. The van der Waals surface area contributed by atoms with Crippen molar-refractivity contribution in [3.63, 3.8) is 0 Å². The molecule has 0 spiro atoms. The fourth-order valence-electron chi connectivity index (χ4n) is 1.94. The summed E-state index contributed by atoms with van der Waals surface area (Å²) in [6, 6.07) is 5.34. The molecule has 0 bridgehead atoms. The Morgan fingerprint density at radius 3 is 2.56 bits per heavy atom. The highest BCUT2D eigenvalue weighted by molar-refractivity contribution is 8.72. The molecule has 0 N–H and O–H groups in total. The minimum Gasteiger partial charge on any atom is -0.249 e. The van der Waals surface area contributed by atoms with E-state index in [0.29, 0.717) is 5.03 Å². The lowest BCUT2D eigenvalue weighted by molar-refractivity contribution is 0.490. The zero-order valence-corrected chi connectivity index (χ0v) is 10.6. The Labute approximate surface area is 100.0 Å². The fraction of sp³-hybridized carbons (Fsp3) is 0.545. The fourth-order valence-corrected chi connectivity index (χ4v) is 5.46. The Morgan fingerprint density at radius 1 is 1.19 bits per heavy atom. The third-order valence-electron chi connectivity index (χ3n) is 2.80. The Morgan fingerprint density at radius 2 is 1.94 bits per heavy atom. The molecular formula is C11H15NO2S2. The predicted octanol–water partition coefficient (Wildman–Crippen LogP) is 2.84. The zero-order chi connectivity index (χ0) is 11.4. The second kappa shape index (κ2) is 5.19. The van der Waals surface area contributed by atoms with Crippen LogP contribution < -0.4 is 0 Å². The lowest BCUT2D eigenvalue weighted by Crippen LogP contribution is -2.21. The van der Waals surface area contributed by atoms with Crippen LogP contribution in [-0.4, -0.2) is 18.7 Å².